The zero-order valence-corrected chi connectivity index (χ0v) is 22.2. The average Bonchev–Trinajstić information content (AvgIpc) is 2.78. The van der Waals surface area contributed by atoms with E-state index in [1.165, 1.54) is 42.5 Å². The van der Waals surface area contributed by atoms with Crippen molar-refractivity contribution >= 4 is 39.1 Å². The highest BCUT2D eigenvalue weighted by Crippen LogP contribution is 2.26. The lowest BCUT2D eigenvalue weighted by molar-refractivity contribution is -0.122. The van der Waals surface area contributed by atoms with E-state index >= 15 is 0 Å². The fraction of sp³-hybridized carbons (Fsp3) is 0.269. The number of benzene rings is 3. The van der Waals surface area contributed by atoms with E-state index in [0.29, 0.717) is 5.02 Å². The maximum atomic E-state index is 14.5. The molecule has 0 heterocycles. The van der Waals surface area contributed by atoms with Crippen molar-refractivity contribution in [1.82, 2.24) is 9.62 Å². The van der Waals surface area contributed by atoms with Gasteiger partial charge in [0, 0.05) is 22.2 Å². The molecule has 5 nitrogen and oxygen atoms in total. The van der Waals surface area contributed by atoms with Crippen LogP contribution in [0.4, 0.5) is 4.39 Å². The van der Waals surface area contributed by atoms with E-state index in [9.17, 15) is 17.6 Å². The molecule has 0 aliphatic rings. The van der Waals surface area contributed by atoms with Crippen molar-refractivity contribution < 1.29 is 17.6 Å². The van der Waals surface area contributed by atoms with Gasteiger partial charge in [-0.3, -0.25) is 4.79 Å². The van der Waals surface area contributed by atoms with Crippen molar-refractivity contribution in [2.75, 3.05) is 6.54 Å². The SMILES string of the molecule is Cc1cc(C)c([C@@H](C)NC(=O)CN(Cc2c(F)cccc2Cl)S(=O)(=O)c2ccc(Cl)cc2)cc1C. The Kier molecular flexibility index (Phi) is 8.59. The molecule has 35 heavy (non-hydrogen) atoms. The summed E-state index contributed by atoms with van der Waals surface area (Å²) >= 11 is 12.1. The first-order chi connectivity index (χ1) is 16.4. The Labute approximate surface area is 215 Å². The highest BCUT2D eigenvalue weighted by atomic mass is 35.5. The van der Waals surface area contributed by atoms with Crippen LogP contribution in [-0.2, 0) is 21.4 Å². The molecule has 0 fully saturated rings. The van der Waals surface area contributed by atoms with Crippen molar-refractivity contribution in [3.8, 4) is 0 Å². The van der Waals surface area contributed by atoms with Gasteiger partial charge in [-0.15, -0.1) is 0 Å². The molecule has 0 bridgehead atoms. The maximum absolute atomic E-state index is 14.5. The number of carbonyl (C=O) groups is 1. The van der Waals surface area contributed by atoms with Crippen molar-refractivity contribution in [1.29, 1.82) is 0 Å². The molecule has 1 N–H and O–H groups in total. The van der Waals surface area contributed by atoms with Gasteiger partial charge in [-0.1, -0.05) is 41.4 Å². The Morgan fingerprint density at radius 3 is 2.26 bits per heavy atom. The molecule has 0 aromatic heterocycles. The Hall–Kier alpha value is -2.45. The monoisotopic (exact) mass is 536 g/mol. The molecule has 9 heteroatoms. The fourth-order valence-electron chi connectivity index (χ4n) is 3.82. The summed E-state index contributed by atoms with van der Waals surface area (Å²) in [6.07, 6.45) is 0. The van der Waals surface area contributed by atoms with Gasteiger partial charge in [0.1, 0.15) is 5.82 Å². The molecule has 0 aliphatic heterocycles. The minimum absolute atomic E-state index is 0.0162. The molecule has 1 atom stereocenters. The molecule has 0 radical (unpaired) electrons. The lowest BCUT2D eigenvalue weighted by Crippen LogP contribution is -2.41. The predicted molar refractivity (Wildman–Crippen MR) is 138 cm³/mol. The second-order valence-corrected chi connectivity index (χ2v) is 11.3. The summed E-state index contributed by atoms with van der Waals surface area (Å²) in [6.45, 7) is 6.86. The van der Waals surface area contributed by atoms with Crippen LogP contribution in [0.3, 0.4) is 0 Å². The first-order valence-electron chi connectivity index (χ1n) is 11.0. The molecular formula is C26H27Cl2FN2O3S. The van der Waals surface area contributed by atoms with Crippen molar-refractivity contribution in [3.63, 3.8) is 0 Å². The normalized spacial score (nSPS) is 12.6. The fourth-order valence-corrected chi connectivity index (χ4v) is 5.53. The smallest absolute Gasteiger partial charge is 0.243 e. The van der Waals surface area contributed by atoms with Gasteiger partial charge in [0.15, 0.2) is 0 Å². The molecule has 0 spiro atoms. The second-order valence-electron chi connectivity index (χ2n) is 8.51. The van der Waals surface area contributed by atoms with E-state index < -0.39 is 34.8 Å². The highest BCUT2D eigenvalue weighted by Gasteiger charge is 2.29. The minimum atomic E-state index is -4.18. The molecule has 3 aromatic rings. The Morgan fingerprint density at radius 1 is 1.00 bits per heavy atom. The van der Waals surface area contributed by atoms with E-state index in [1.54, 1.807) is 0 Å². The molecular weight excluding hydrogens is 510 g/mol. The van der Waals surface area contributed by atoms with Crippen LogP contribution >= 0.6 is 23.2 Å². The van der Waals surface area contributed by atoms with Crippen LogP contribution in [-0.4, -0.2) is 25.2 Å². The van der Waals surface area contributed by atoms with Crippen molar-refractivity contribution in [3.05, 3.63) is 98.3 Å². The first kappa shape index (κ1) is 27.1. The van der Waals surface area contributed by atoms with Crippen LogP contribution in [0.15, 0.2) is 59.5 Å². The van der Waals surface area contributed by atoms with E-state index in [2.05, 4.69) is 5.32 Å². The van der Waals surface area contributed by atoms with Gasteiger partial charge in [-0.05, 0) is 86.3 Å². The van der Waals surface area contributed by atoms with Crippen LogP contribution in [0.5, 0.6) is 0 Å². The number of nitrogens with one attached hydrogen (secondary N) is 1. The molecule has 186 valence electrons. The number of aryl methyl sites for hydroxylation is 3. The quantitative estimate of drug-likeness (QED) is 0.376. The molecule has 0 saturated carbocycles. The van der Waals surface area contributed by atoms with Crippen molar-refractivity contribution in [2.24, 2.45) is 0 Å². The third-order valence-corrected chi connectivity index (χ3v) is 8.31. The molecule has 1 amide bonds. The summed E-state index contributed by atoms with van der Waals surface area (Å²) < 4.78 is 42.3. The van der Waals surface area contributed by atoms with Gasteiger partial charge in [0.05, 0.1) is 17.5 Å². The summed E-state index contributed by atoms with van der Waals surface area (Å²) in [6, 6.07) is 13.3. The predicted octanol–water partition coefficient (Wildman–Crippen LogP) is 6.13. The molecule has 3 aromatic carbocycles. The van der Waals surface area contributed by atoms with E-state index in [1.807, 2.05) is 39.8 Å². The molecule has 0 saturated heterocycles. The van der Waals surface area contributed by atoms with Gasteiger partial charge >= 0.3 is 0 Å². The van der Waals surface area contributed by atoms with Gasteiger partial charge in [-0.25, -0.2) is 12.8 Å². The largest absolute Gasteiger partial charge is 0.348 e. The lowest BCUT2D eigenvalue weighted by Gasteiger charge is -2.24. The summed E-state index contributed by atoms with van der Waals surface area (Å²) in [5, 5.41) is 3.30. The van der Waals surface area contributed by atoms with Crippen LogP contribution in [0, 0.1) is 26.6 Å². The van der Waals surface area contributed by atoms with Crippen LogP contribution in [0.1, 0.15) is 40.8 Å². The Morgan fingerprint density at radius 2 is 1.63 bits per heavy atom. The molecule has 3 rings (SSSR count). The zero-order chi connectivity index (χ0) is 25.9. The van der Waals surface area contributed by atoms with E-state index in [4.69, 9.17) is 23.2 Å². The Bertz CT molecular complexity index is 1330. The molecule has 0 aliphatic carbocycles. The highest BCUT2D eigenvalue weighted by molar-refractivity contribution is 7.89. The van der Waals surface area contributed by atoms with Crippen LogP contribution in [0.25, 0.3) is 0 Å². The summed E-state index contributed by atoms with van der Waals surface area (Å²) in [5.41, 5.74) is 4.17. The third-order valence-electron chi connectivity index (χ3n) is 5.89. The van der Waals surface area contributed by atoms with E-state index in [0.717, 1.165) is 26.6 Å². The summed E-state index contributed by atoms with van der Waals surface area (Å²) in [7, 11) is -4.18. The van der Waals surface area contributed by atoms with Crippen molar-refractivity contribution in [2.45, 2.75) is 45.2 Å². The maximum Gasteiger partial charge on any atom is 0.243 e. The summed E-state index contributed by atoms with van der Waals surface area (Å²) in [5.74, 6) is -1.19. The number of hydrogen-bond acceptors (Lipinski definition) is 3. The number of hydrogen-bond donors (Lipinski definition) is 1. The van der Waals surface area contributed by atoms with Gasteiger partial charge in [0.2, 0.25) is 15.9 Å². The van der Waals surface area contributed by atoms with Gasteiger partial charge in [-0.2, -0.15) is 4.31 Å². The lowest BCUT2D eigenvalue weighted by atomic mass is 9.96. The Balaban J connectivity index is 1.91. The van der Waals surface area contributed by atoms with E-state index in [-0.39, 0.29) is 21.5 Å². The topological polar surface area (TPSA) is 66.5 Å². The standard InChI is InChI=1S/C26H27Cl2FN2O3S/c1-16-12-18(3)22(13-17(16)2)19(4)30-26(32)15-31(14-23-24(28)6-5-7-25(23)29)35(33,34)21-10-8-20(27)9-11-21/h5-13,19H,14-15H2,1-4H3,(H,30,32)/t19-/m1/s1. The number of nitrogens with zero attached hydrogens (tertiary/aromatic N) is 1. The first-order valence-corrected chi connectivity index (χ1v) is 13.2. The number of amides is 1. The minimum Gasteiger partial charge on any atom is -0.348 e. The van der Waals surface area contributed by atoms with Crippen LogP contribution < -0.4 is 5.32 Å². The third kappa shape index (κ3) is 6.41. The van der Waals surface area contributed by atoms with Gasteiger partial charge < -0.3 is 5.32 Å². The number of halogens is 3. The zero-order valence-electron chi connectivity index (χ0n) is 19.9. The number of sulfonamides is 1. The number of carbonyl (C=O) groups excluding carboxylic acids is 1. The average molecular weight is 537 g/mol. The second kappa shape index (κ2) is 11.1. The number of rotatable bonds is 8. The van der Waals surface area contributed by atoms with Gasteiger partial charge in [0.25, 0.3) is 0 Å². The summed E-state index contributed by atoms with van der Waals surface area (Å²) in [4.78, 5) is 13.0. The van der Waals surface area contributed by atoms with Crippen LogP contribution in [0.2, 0.25) is 10.0 Å². The molecule has 0 unspecified atom stereocenters.